The third-order valence-corrected chi connectivity index (χ3v) is 6.69. The highest BCUT2D eigenvalue weighted by molar-refractivity contribution is 6.01. The summed E-state index contributed by atoms with van der Waals surface area (Å²) < 4.78 is 5.43. The number of para-hydroxylation sites is 1. The Morgan fingerprint density at radius 2 is 1.87 bits per heavy atom. The number of ether oxygens (including phenoxy) is 1. The molecule has 5 nitrogen and oxygen atoms in total. The first-order valence-corrected chi connectivity index (χ1v) is 10.8. The van der Waals surface area contributed by atoms with Crippen LogP contribution in [0.25, 0.3) is 0 Å². The molecular weight excluding hydrogens is 374 g/mol. The van der Waals surface area contributed by atoms with Crippen molar-refractivity contribution < 1.29 is 9.53 Å². The van der Waals surface area contributed by atoms with E-state index in [1.165, 1.54) is 16.8 Å². The molecule has 1 saturated heterocycles. The molecule has 2 aliphatic heterocycles. The number of morpholine rings is 1. The molecule has 0 saturated carbocycles. The Labute approximate surface area is 178 Å². The Bertz CT molecular complexity index is 961. The smallest absolute Gasteiger partial charge is 0.256 e. The molecular formula is C25H29N3O2. The summed E-state index contributed by atoms with van der Waals surface area (Å²) in [4.78, 5) is 17.4. The van der Waals surface area contributed by atoms with Gasteiger partial charge in [0.05, 0.1) is 30.5 Å². The van der Waals surface area contributed by atoms with Crippen LogP contribution in [0.4, 0.5) is 11.4 Å². The lowest BCUT2D eigenvalue weighted by Crippen LogP contribution is -2.41. The van der Waals surface area contributed by atoms with Crippen LogP contribution in [0.2, 0.25) is 0 Å². The van der Waals surface area contributed by atoms with Crippen molar-refractivity contribution in [2.45, 2.75) is 18.4 Å². The van der Waals surface area contributed by atoms with Gasteiger partial charge in [0.1, 0.15) is 0 Å². The van der Waals surface area contributed by atoms with Crippen LogP contribution < -0.4 is 10.2 Å². The zero-order valence-corrected chi connectivity index (χ0v) is 17.7. The number of nitrogens with one attached hydrogen (secondary N) is 1. The largest absolute Gasteiger partial charge is 0.378 e. The number of carbonyl (C=O) groups is 1. The standard InChI is InChI=1S/C25H29N3O2/c1-27(2)18-11-9-17(10-12-18)23-20-6-3-5-19(20)21-7-4-8-22(24(21)26-23)25(29)28-13-15-30-16-14-28/h3-5,7-12,19-20,23,26H,6,13-16H2,1-2H3. The van der Waals surface area contributed by atoms with Gasteiger partial charge in [-0.05, 0) is 41.7 Å². The fraction of sp³-hybridized carbons (Fsp3) is 0.400. The van der Waals surface area contributed by atoms with Crippen molar-refractivity contribution in [1.29, 1.82) is 0 Å². The number of hydrogen-bond donors (Lipinski definition) is 1. The molecule has 3 aliphatic rings. The molecule has 3 unspecified atom stereocenters. The maximum Gasteiger partial charge on any atom is 0.256 e. The molecule has 5 heteroatoms. The monoisotopic (exact) mass is 403 g/mol. The van der Waals surface area contributed by atoms with Gasteiger partial charge in [-0.25, -0.2) is 0 Å². The van der Waals surface area contributed by atoms with E-state index in [2.05, 4.69) is 66.8 Å². The fourth-order valence-electron chi connectivity index (χ4n) is 5.05. The van der Waals surface area contributed by atoms with Gasteiger partial charge in [-0.1, -0.05) is 36.4 Å². The van der Waals surface area contributed by atoms with Gasteiger partial charge in [0.15, 0.2) is 0 Å². The third-order valence-electron chi connectivity index (χ3n) is 6.69. The van der Waals surface area contributed by atoms with Crippen molar-refractivity contribution in [3.63, 3.8) is 0 Å². The van der Waals surface area contributed by atoms with Crippen LogP contribution in [0, 0.1) is 5.92 Å². The predicted octanol–water partition coefficient (Wildman–Crippen LogP) is 4.05. The van der Waals surface area contributed by atoms with E-state index in [4.69, 9.17) is 4.74 Å². The Balaban J connectivity index is 1.52. The Hall–Kier alpha value is -2.79. The summed E-state index contributed by atoms with van der Waals surface area (Å²) in [7, 11) is 4.12. The van der Waals surface area contributed by atoms with E-state index in [1.54, 1.807) is 0 Å². The van der Waals surface area contributed by atoms with Crippen molar-refractivity contribution in [2.24, 2.45) is 5.92 Å². The molecule has 0 spiro atoms. The molecule has 156 valence electrons. The highest BCUT2D eigenvalue weighted by atomic mass is 16.5. The van der Waals surface area contributed by atoms with Gasteiger partial charge in [0, 0.05) is 38.8 Å². The van der Waals surface area contributed by atoms with E-state index in [-0.39, 0.29) is 11.9 Å². The average Bonchev–Trinajstić information content (AvgIpc) is 3.28. The molecule has 30 heavy (non-hydrogen) atoms. The molecule has 1 N–H and O–H groups in total. The third kappa shape index (κ3) is 3.27. The van der Waals surface area contributed by atoms with Crippen molar-refractivity contribution in [1.82, 2.24) is 4.90 Å². The van der Waals surface area contributed by atoms with E-state index >= 15 is 0 Å². The summed E-state index contributed by atoms with van der Waals surface area (Å²) in [6.07, 6.45) is 5.68. The van der Waals surface area contributed by atoms with E-state index in [1.807, 2.05) is 17.0 Å². The number of benzene rings is 2. The number of fused-ring (bicyclic) bond motifs is 3. The number of amides is 1. The topological polar surface area (TPSA) is 44.8 Å². The first-order chi connectivity index (χ1) is 14.6. The average molecular weight is 404 g/mol. The van der Waals surface area contributed by atoms with Gasteiger partial charge < -0.3 is 19.9 Å². The second-order valence-electron chi connectivity index (χ2n) is 8.64. The van der Waals surface area contributed by atoms with Gasteiger partial charge in [-0.3, -0.25) is 4.79 Å². The summed E-state index contributed by atoms with van der Waals surface area (Å²) in [6, 6.07) is 15.2. The molecule has 1 fully saturated rings. The number of nitrogens with zero attached hydrogens (tertiary/aromatic N) is 2. The minimum absolute atomic E-state index is 0.102. The van der Waals surface area contributed by atoms with Crippen LogP contribution in [-0.4, -0.2) is 51.2 Å². The Kier molecular flexibility index (Phi) is 4.99. The van der Waals surface area contributed by atoms with E-state index in [0.717, 1.165) is 17.7 Å². The summed E-state index contributed by atoms with van der Waals surface area (Å²) >= 11 is 0. The summed E-state index contributed by atoms with van der Waals surface area (Å²) in [5.41, 5.74) is 5.50. The zero-order chi connectivity index (χ0) is 20.7. The van der Waals surface area contributed by atoms with Gasteiger partial charge in [0.2, 0.25) is 0 Å². The SMILES string of the molecule is CN(C)c1ccc(C2Nc3c(C(=O)N4CCOCC4)cccc3C3C=CCC32)cc1. The number of carbonyl (C=O) groups excluding carboxylic acids is 1. The first kappa shape index (κ1) is 19.2. The Morgan fingerprint density at radius 1 is 1.10 bits per heavy atom. The van der Waals surface area contributed by atoms with Crippen molar-refractivity contribution in [3.8, 4) is 0 Å². The Morgan fingerprint density at radius 3 is 2.60 bits per heavy atom. The molecule has 2 aromatic carbocycles. The lowest BCUT2D eigenvalue weighted by atomic mass is 9.76. The summed E-state index contributed by atoms with van der Waals surface area (Å²) in [5.74, 6) is 0.915. The highest BCUT2D eigenvalue weighted by Crippen LogP contribution is 2.50. The minimum atomic E-state index is 0.102. The first-order valence-electron chi connectivity index (χ1n) is 10.8. The van der Waals surface area contributed by atoms with E-state index in [9.17, 15) is 4.79 Å². The van der Waals surface area contributed by atoms with Crippen molar-refractivity contribution in [2.75, 3.05) is 50.6 Å². The summed E-state index contributed by atoms with van der Waals surface area (Å²) in [5, 5.41) is 3.79. The number of allylic oxidation sites excluding steroid dienone is 2. The molecule has 5 rings (SSSR count). The fourth-order valence-corrected chi connectivity index (χ4v) is 5.05. The van der Waals surface area contributed by atoms with Crippen LogP contribution in [0.5, 0.6) is 0 Å². The maximum absolute atomic E-state index is 13.3. The minimum Gasteiger partial charge on any atom is -0.378 e. The number of hydrogen-bond acceptors (Lipinski definition) is 4. The van der Waals surface area contributed by atoms with Gasteiger partial charge in [-0.2, -0.15) is 0 Å². The van der Waals surface area contributed by atoms with E-state index < -0.39 is 0 Å². The van der Waals surface area contributed by atoms with Gasteiger partial charge >= 0.3 is 0 Å². The zero-order valence-electron chi connectivity index (χ0n) is 17.7. The van der Waals surface area contributed by atoms with Crippen molar-refractivity contribution in [3.05, 3.63) is 71.3 Å². The molecule has 0 radical (unpaired) electrons. The van der Waals surface area contributed by atoms with Gasteiger partial charge in [-0.15, -0.1) is 0 Å². The predicted molar refractivity (Wildman–Crippen MR) is 120 cm³/mol. The molecule has 3 atom stereocenters. The number of anilines is 2. The lowest BCUT2D eigenvalue weighted by Gasteiger charge is -2.39. The van der Waals surface area contributed by atoms with Crippen LogP contribution in [0.15, 0.2) is 54.6 Å². The quantitative estimate of drug-likeness (QED) is 0.786. The normalized spacial score (nSPS) is 24.7. The highest BCUT2D eigenvalue weighted by Gasteiger charge is 2.39. The van der Waals surface area contributed by atoms with Crippen LogP contribution in [-0.2, 0) is 4.74 Å². The van der Waals surface area contributed by atoms with Gasteiger partial charge in [0.25, 0.3) is 5.91 Å². The molecule has 2 aromatic rings. The second-order valence-corrected chi connectivity index (χ2v) is 8.64. The molecule has 0 aromatic heterocycles. The van der Waals surface area contributed by atoms with Crippen molar-refractivity contribution >= 4 is 17.3 Å². The summed E-state index contributed by atoms with van der Waals surface area (Å²) in [6.45, 7) is 2.54. The second kappa shape index (κ2) is 7.80. The van der Waals surface area contributed by atoms with Crippen LogP contribution >= 0.6 is 0 Å². The molecule has 1 aliphatic carbocycles. The van der Waals surface area contributed by atoms with E-state index in [0.29, 0.717) is 38.1 Å². The molecule has 1 amide bonds. The van der Waals surface area contributed by atoms with Crippen LogP contribution in [0.1, 0.15) is 39.9 Å². The maximum atomic E-state index is 13.3. The molecule has 0 bridgehead atoms. The molecule has 2 heterocycles. The lowest BCUT2D eigenvalue weighted by molar-refractivity contribution is 0.0303. The number of rotatable bonds is 3. The van der Waals surface area contributed by atoms with Crippen LogP contribution in [0.3, 0.4) is 0 Å².